The van der Waals surface area contributed by atoms with Crippen LogP contribution in [0, 0.1) is 24.4 Å². The molecule has 0 amide bonds. The van der Waals surface area contributed by atoms with Crippen molar-refractivity contribution >= 4 is 0 Å². The molecule has 1 aromatic carbocycles. The van der Waals surface area contributed by atoms with Gasteiger partial charge >= 0.3 is 0 Å². The summed E-state index contributed by atoms with van der Waals surface area (Å²) in [7, 11) is 0. The zero-order chi connectivity index (χ0) is 14.0. The topological polar surface area (TPSA) is 43.8 Å². The van der Waals surface area contributed by atoms with Gasteiger partial charge in [-0.2, -0.15) is 5.10 Å². The number of aryl methyl sites for hydroxylation is 1. The van der Waals surface area contributed by atoms with Gasteiger partial charge in [0, 0.05) is 17.8 Å². The van der Waals surface area contributed by atoms with Gasteiger partial charge in [0.05, 0.1) is 6.20 Å². The summed E-state index contributed by atoms with van der Waals surface area (Å²) in [6.07, 6.45) is 3.09. The lowest BCUT2D eigenvalue weighted by Gasteiger charge is -2.07. The highest BCUT2D eigenvalue weighted by Crippen LogP contribution is 2.20. The van der Waals surface area contributed by atoms with Crippen LogP contribution in [0.4, 0.5) is 13.2 Å². The van der Waals surface area contributed by atoms with Crippen molar-refractivity contribution in [2.45, 2.75) is 19.8 Å². The molecule has 6 heteroatoms. The minimum absolute atomic E-state index is 0.101. The highest BCUT2D eigenvalue weighted by molar-refractivity contribution is 5.37. The SMILES string of the molecule is Cc1c(CCCN)cnn1-c1cc(F)c(F)cc1F. The monoisotopic (exact) mass is 269 g/mol. The summed E-state index contributed by atoms with van der Waals surface area (Å²) in [6, 6.07) is 1.32. The predicted octanol–water partition coefficient (Wildman–Crippen LogP) is 2.49. The lowest BCUT2D eigenvalue weighted by Crippen LogP contribution is -2.05. The maximum absolute atomic E-state index is 13.7. The Bertz CT molecular complexity index is 593. The molecule has 0 aliphatic carbocycles. The van der Waals surface area contributed by atoms with Gasteiger partial charge in [-0.3, -0.25) is 0 Å². The number of halogens is 3. The van der Waals surface area contributed by atoms with Crippen molar-refractivity contribution in [1.82, 2.24) is 9.78 Å². The van der Waals surface area contributed by atoms with Crippen LogP contribution in [0.3, 0.4) is 0 Å². The predicted molar refractivity (Wildman–Crippen MR) is 65.6 cm³/mol. The lowest BCUT2D eigenvalue weighted by molar-refractivity contribution is 0.491. The van der Waals surface area contributed by atoms with Crippen LogP contribution >= 0.6 is 0 Å². The van der Waals surface area contributed by atoms with Gasteiger partial charge in [-0.25, -0.2) is 17.9 Å². The number of rotatable bonds is 4. The number of benzene rings is 1. The lowest BCUT2D eigenvalue weighted by atomic mass is 10.1. The van der Waals surface area contributed by atoms with E-state index in [-0.39, 0.29) is 5.69 Å². The number of nitrogens with zero attached hydrogens (tertiary/aromatic N) is 2. The van der Waals surface area contributed by atoms with Crippen molar-refractivity contribution in [3.05, 3.63) is 47.0 Å². The molecule has 19 heavy (non-hydrogen) atoms. The van der Waals surface area contributed by atoms with Crippen LogP contribution in [0.5, 0.6) is 0 Å². The van der Waals surface area contributed by atoms with Crippen LogP contribution < -0.4 is 5.73 Å². The molecule has 0 aliphatic rings. The molecule has 0 saturated heterocycles. The first-order valence-electron chi connectivity index (χ1n) is 5.93. The molecule has 0 radical (unpaired) electrons. The Labute approximate surface area is 108 Å². The van der Waals surface area contributed by atoms with Crippen molar-refractivity contribution in [1.29, 1.82) is 0 Å². The van der Waals surface area contributed by atoms with Gasteiger partial charge in [-0.05, 0) is 31.9 Å². The molecule has 0 bridgehead atoms. The van der Waals surface area contributed by atoms with E-state index >= 15 is 0 Å². The van der Waals surface area contributed by atoms with Crippen LogP contribution in [0.1, 0.15) is 17.7 Å². The summed E-state index contributed by atoms with van der Waals surface area (Å²) in [5.41, 5.74) is 6.93. The summed E-state index contributed by atoms with van der Waals surface area (Å²) < 4.78 is 41.0. The molecule has 2 rings (SSSR count). The average molecular weight is 269 g/mol. The van der Waals surface area contributed by atoms with Crippen molar-refractivity contribution in [2.24, 2.45) is 5.73 Å². The molecule has 0 fully saturated rings. The third-order valence-corrected chi connectivity index (χ3v) is 2.98. The van der Waals surface area contributed by atoms with Crippen LogP contribution in [0.15, 0.2) is 18.3 Å². The maximum Gasteiger partial charge on any atom is 0.161 e. The van der Waals surface area contributed by atoms with Gasteiger partial charge in [-0.15, -0.1) is 0 Å². The second-order valence-electron chi connectivity index (χ2n) is 4.28. The van der Waals surface area contributed by atoms with Crippen molar-refractivity contribution < 1.29 is 13.2 Å². The fourth-order valence-corrected chi connectivity index (χ4v) is 1.90. The Morgan fingerprint density at radius 2 is 1.84 bits per heavy atom. The highest BCUT2D eigenvalue weighted by atomic mass is 19.2. The molecule has 3 nitrogen and oxygen atoms in total. The summed E-state index contributed by atoms with van der Waals surface area (Å²) in [6.45, 7) is 2.30. The normalized spacial score (nSPS) is 11.0. The molecular formula is C13H14F3N3. The number of aromatic nitrogens is 2. The maximum atomic E-state index is 13.7. The van der Waals surface area contributed by atoms with Crippen LogP contribution in [0.2, 0.25) is 0 Å². The summed E-state index contributed by atoms with van der Waals surface area (Å²) >= 11 is 0. The van der Waals surface area contributed by atoms with Crippen molar-refractivity contribution in [3.63, 3.8) is 0 Å². The van der Waals surface area contributed by atoms with Crippen molar-refractivity contribution in [2.75, 3.05) is 6.54 Å². The van der Waals surface area contributed by atoms with E-state index in [1.165, 1.54) is 4.68 Å². The standard InChI is InChI=1S/C13H14F3N3/c1-8-9(3-2-4-17)7-18-19(8)13-6-11(15)10(14)5-12(13)16/h5-7H,2-4,17H2,1H3. The van der Waals surface area contributed by atoms with Gasteiger partial charge in [0.15, 0.2) is 17.5 Å². The Morgan fingerprint density at radius 3 is 2.53 bits per heavy atom. The van der Waals surface area contributed by atoms with Crippen LogP contribution in [-0.4, -0.2) is 16.3 Å². The Morgan fingerprint density at radius 1 is 1.16 bits per heavy atom. The number of hydrogen-bond donors (Lipinski definition) is 1. The molecule has 102 valence electrons. The van der Waals surface area contributed by atoms with Crippen LogP contribution in [0.25, 0.3) is 5.69 Å². The second kappa shape index (κ2) is 5.44. The molecule has 0 atom stereocenters. The van der Waals surface area contributed by atoms with E-state index in [0.29, 0.717) is 24.7 Å². The fourth-order valence-electron chi connectivity index (χ4n) is 1.90. The number of hydrogen-bond acceptors (Lipinski definition) is 2. The van der Waals surface area contributed by atoms with Crippen LogP contribution in [-0.2, 0) is 6.42 Å². The molecule has 0 unspecified atom stereocenters. The molecular weight excluding hydrogens is 255 g/mol. The summed E-state index contributed by atoms with van der Waals surface area (Å²) in [5.74, 6) is -3.17. The van der Waals surface area contributed by atoms with E-state index in [2.05, 4.69) is 5.10 Å². The van der Waals surface area contributed by atoms with E-state index in [9.17, 15) is 13.2 Å². The fraction of sp³-hybridized carbons (Fsp3) is 0.308. The average Bonchev–Trinajstić information content (AvgIpc) is 2.73. The van der Waals surface area contributed by atoms with E-state index in [4.69, 9.17) is 5.73 Å². The van der Waals surface area contributed by atoms with E-state index in [1.807, 2.05) is 0 Å². The molecule has 0 aliphatic heterocycles. The van der Waals surface area contributed by atoms with Gasteiger partial charge in [-0.1, -0.05) is 0 Å². The van der Waals surface area contributed by atoms with Crippen molar-refractivity contribution in [3.8, 4) is 5.69 Å². The summed E-state index contributed by atoms with van der Waals surface area (Å²) in [5, 5.41) is 4.02. The first kappa shape index (κ1) is 13.6. The quantitative estimate of drug-likeness (QED) is 0.867. The van der Waals surface area contributed by atoms with Gasteiger partial charge in [0.25, 0.3) is 0 Å². The zero-order valence-corrected chi connectivity index (χ0v) is 10.5. The molecule has 1 heterocycles. The van der Waals surface area contributed by atoms with Gasteiger partial charge < -0.3 is 5.73 Å². The third-order valence-electron chi connectivity index (χ3n) is 2.98. The van der Waals surface area contributed by atoms with E-state index in [1.54, 1.807) is 13.1 Å². The minimum atomic E-state index is -1.21. The minimum Gasteiger partial charge on any atom is -0.330 e. The van der Waals surface area contributed by atoms with Gasteiger partial charge in [0.2, 0.25) is 0 Å². The first-order valence-corrected chi connectivity index (χ1v) is 5.93. The second-order valence-corrected chi connectivity index (χ2v) is 4.28. The summed E-state index contributed by atoms with van der Waals surface area (Å²) in [4.78, 5) is 0. The largest absolute Gasteiger partial charge is 0.330 e. The molecule has 2 aromatic rings. The molecule has 2 N–H and O–H groups in total. The van der Waals surface area contributed by atoms with Gasteiger partial charge in [0.1, 0.15) is 5.69 Å². The molecule has 0 spiro atoms. The van der Waals surface area contributed by atoms with E-state index < -0.39 is 17.5 Å². The molecule has 1 aromatic heterocycles. The molecule has 0 saturated carbocycles. The smallest absolute Gasteiger partial charge is 0.161 e. The Kier molecular flexibility index (Phi) is 3.90. The Balaban J connectivity index is 2.42. The third kappa shape index (κ3) is 2.63. The first-order chi connectivity index (χ1) is 9.04. The van der Waals surface area contributed by atoms with E-state index in [0.717, 1.165) is 18.1 Å². The number of nitrogens with two attached hydrogens (primary N) is 1. The Hall–Kier alpha value is -1.82. The zero-order valence-electron chi connectivity index (χ0n) is 10.5. The highest BCUT2D eigenvalue weighted by Gasteiger charge is 2.15.